The summed E-state index contributed by atoms with van der Waals surface area (Å²) in [4.78, 5) is 25.5. The van der Waals surface area contributed by atoms with E-state index in [0.29, 0.717) is 44.9 Å². The molecule has 0 fully saturated rings. The summed E-state index contributed by atoms with van der Waals surface area (Å²) in [5.74, 6) is 0.734. The summed E-state index contributed by atoms with van der Waals surface area (Å²) in [6, 6.07) is 10.3. The Kier molecular flexibility index (Phi) is 5.29. The zero-order chi connectivity index (χ0) is 22.1. The number of carbonyl (C=O) groups is 2. The van der Waals surface area contributed by atoms with Crippen molar-refractivity contribution in [3.63, 3.8) is 0 Å². The molecule has 0 aliphatic carbocycles. The molecule has 31 heavy (non-hydrogen) atoms. The number of benzene rings is 3. The van der Waals surface area contributed by atoms with Crippen LogP contribution in [-0.2, 0) is 9.47 Å². The zero-order valence-electron chi connectivity index (χ0n) is 17.4. The first kappa shape index (κ1) is 20.3. The molecule has 0 spiro atoms. The topological polar surface area (TPSA) is 89.5 Å². The van der Waals surface area contributed by atoms with Crippen molar-refractivity contribution >= 4 is 22.7 Å². The van der Waals surface area contributed by atoms with E-state index in [1.165, 1.54) is 28.4 Å². The molecule has 3 aromatic rings. The number of rotatable bonds is 5. The van der Waals surface area contributed by atoms with Gasteiger partial charge >= 0.3 is 11.9 Å². The number of fused-ring (bicyclic) bond motifs is 2. The van der Waals surface area contributed by atoms with Crippen LogP contribution < -0.4 is 18.9 Å². The molecule has 0 saturated heterocycles. The Hall–Kier alpha value is -3.94. The van der Waals surface area contributed by atoms with Crippen molar-refractivity contribution in [1.29, 1.82) is 0 Å². The first-order valence-electron chi connectivity index (χ1n) is 9.31. The average molecular weight is 424 g/mol. The number of carbonyl (C=O) groups excluding carboxylic acids is 2. The molecule has 8 heteroatoms. The molecule has 0 amide bonds. The lowest BCUT2D eigenvalue weighted by molar-refractivity contribution is 0.0556. The van der Waals surface area contributed by atoms with Gasteiger partial charge in [0.2, 0.25) is 6.79 Å². The monoisotopic (exact) mass is 424 g/mol. The van der Waals surface area contributed by atoms with Crippen LogP contribution in [0, 0.1) is 0 Å². The SMILES string of the molecule is COC(=O)c1cc2cc(OC)c(OC)cc2c(-c2ccc3c(c2)OCO3)c1C(=O)OC. The maximum atomic E-state index is 12.9. The van der Waals surface area contributed by atoms with Gasteiger partial charge in [0.25, 0.3) is 0 Å². The lowest BCUT2D eigenvalue weighted by Crippen LogP contribution is -2.14. The summed E-state index contributed by atoms with van der Waals surface area (Å²) in [7, 11) is 5.55. The molecular weight excluding hydrogens is 404 g/mol. The van der Waals surface area contributed by atoms with Gasteiger partial charge in [-0.3, -0.25) is 0 Å². The number of hydrogen-bond acceptors (Lipinski definition) is 8. The van der Waals surface area contributed by atoms with E-state index >= 15 is 0 Å². The normalized spacial score (nSPS) is 11.9. The summed E-state index contributed by atoms with van der Waals surface area (Å²) in [5, 5.41) is 1.31. The Balaban J connectivity index is 2.15. The van der Waals surface area contributed by atoms with Crippen molar-refractivity contribution in [2.24, 2.45) is 0 Å². The van der Waals surface area contributed by atoms with E-state index in [1.807, 2.05) is 0 Å². The molecule has 4 rings (SSSR count). The van der Waals surface area contributed by atoms with Gasteiger partial charge in [-0.2, -0.15) is 0 Å². The molecule has 160 valence electrons. The van der Waals surface area contributed by atoms with Crippen LogP contribution in [0.15, 0.2) is 36.4 Å². The van der Waals surface area contributed by atoms with Gasteiger partial charge in [-0.25, -0.2) is 9.59 Å². The summed E-state index contributed by atoms with van der Waals surface area (Å²) in [5.41, 5.74) is 1.26. The maximum Gasteiger partial charge on any atom is 0.339 e. The molecule has 0 saturated carbocycles. The number of hydrogen-bond donors (Lipinski definition) is 0. The Labute approximate surface area is 178 Å². The molecule has 3 aromatic carbocycles. The summed E-state index contributed by atoms with van der Waals surface area (Å²) in [6.07, 6.45) is 0. The van der Waals surface area contributed by atoms with Gasteiger partial charge in [0.1, 0.15) is 0 Å². The Morgan fingerprint density at radius 1 is 0.806 bits per heavy atom. The third-order valence-electron chi connectivity index (χ3n) is 5.10. The van der Waals surface area contributed by atoms with Gasteiger partial charge in [-0.15, -0.1) is 0 Å². The lowest BCUT2D eigenvalue weighted by atomic mass is 9.89. The minimum Gasteiger partial charge on any atom is -0.493 e. The van der Waals surface area contributed by atoms with Crippen molar-refractivity contribution in [1.82, 2.24) is 0 Å². The molecular formula is C23H20O8. The van der Waals surface area contributed by atoms with Crippen LogP contribution in [0.5, 0.6) is 23.0 Å². The van der Waals surface area contributed by atoms with E-state index in [2.05, 4.69) is 0 Å². The minimum atomic E-state index is -0.676. The van der Waals surface area contributed by atoms with Crippen LogP contribution in [-0.4, -0.2) is 47.2 Å². The van der Waals surface area contributed by atoms with Crippen molar-refractivity contribution in [2.75, 3.05) is 35.2 Å². The maximum absolute atomic E-state index is 12.9. The second-order valence-corrected chi connectivity index (χ2v) is 6.65. The molecule has 0 unspecified atom stereocenters. The highest BCUT2D eigenvalue weighted by atomic mass is 16.7. The fourth-order valence-corrected chi connectivity index (χ4v) is 3.66. The number of ether oxygens (including phenoxy) is 6. The van der Waals surface area contributed by atoms with Crippen molar-refractivity contribution in [3.05, 3.63) is 47.5 Å². The third kappa shape index (κ3) is 3.35. The average Bonchev–Trinajstić information content (AvgIpc) is 3.28. The molecule has 0 atom stereocenters. The van der Waals surface area contributed by atoms with Crippen molar-refractivity contribution < 1.29 is 38.0 Å². The molecule has 1 heterocycles. The van der Waals surface area contributed by atoms with Crippen LogP contribution in [0.25, 0.3) is 21.9 Å². The van der Waals surface area contributed by atoms with Gasteiger partial charge < -0.3 is 28.4 Å². The van der Waals surface area contributed by atoms with Crippen molar-refractivity contribution in [3.8, 4) is 34.1 Å². The third-order valence-corrected chi connectivity index (χ3v) is 5.10. The van der Waals surface area contributed by atoms with E-state index in [-0.39, 0.29) is 17.9 Å². The Morgan fingerprint density at radius 3 is 2.16 bits per heavy atom. The first-order valence-corrected chi connectivity index (χ1v) is 9.31. The minimum absolute atomic E-state index is 0.0711. The quantitative estimate of drug-likeness (QED) is 0.571. The molecule has 0 aromatic heterocycles. The second-order valence-electron chi connectivity index (χ2n) is 6.65. The Morgan fingerprint density at radius 2 is 1.48 bits per heavy atom. The summed E-state index contributed by atoms with van der Waals surface area (Å²) in [6.45, 7) is 0.108. The van der Waals surface area contributed by atoms with Gasteiger partial charge in [0.15, 0.2) is 23.0 Å². The fraction of sp³-hybridized carbons (Fsp3) is 0.217. The van der Waals surface area contributed by atoms with E-state index in [0.717, 1.165) is 0 Å². The van der Waals surface area contributed by atoms with Crippen molar-refractivity contribution in [2.45, 2.75) is 0 Å². The van der Waals surface area contributed by atoms with Crippen LogP contribution in [0.3, 0.4) is 0 Å². The molecule has 8 nitrogen and oxygen atoms in total. The van der Waals surface area contributed by atoms with E-state index in [1.54, 1.807) is 36.4 Å². The number of methoxy groups -OCH3 is 4. The Bertz CT molecular complexity index is 1200. The molecule has 0 bridgehead atoms. The highest BCUT2D eigenvalue weighted by Gasteiger charge is 2.28. The van der Waals surface area contributed by atoms with E-state index in [9.17, 15) is 9.59 Å². The highest BCUT2D eigenvalue weighted by molar-refractivity contribution is 6.16. The van der Waals surface area contributed by atoms with Gasteiger partial charge in [0.05, 0.1) is 39.6 Å². The molecule has 1 aliphatic rings. The first-order chi connectivity index (χ1) is 15.0. The molecule has 0 radical (unpaired) electrons. The van der Waals surface area contributed by atoms with Gasteiger partial charge in [-0.05, 0) is 46.7 Å². The van der Waals surface area contributed by atoms with Crippen LogP contribution in [0.4, 0.5) is 0 Å². The number of esters is 2. The summed E-state index contributed by atoms with van der Waals surface area (Å²) >= 11 is 0. The highest BCUT2D eigenvalue weighted by Crippen LogP contribution is 2.43. The predicted octanol–water partition coefficient (Wildman–Crippen LogP) is 3.83. The largest absolute Gasteiger partial charge is 0.493 e. The predicted molar refractivity (Wildman–Crippen MR) is 111 cm³/mol. The van der Waals surface area contributed by atoms with Gasteiger partial charge in [-0.1, -0.05) is 6.07 Å². The zero-order valence-corrected chi connectivity index (χ0v) is 17.4. The molecule has 1 aliphatic heterocycles. The lowest BCUT2D eigenvalue weighted by Gasteiger charge is -2.18. The standard InChI is InChI=1S/C23H20O8/c1-26-17-9-13-7-15(22(24)28-3)21(23(25)29-4)20(14(13)10-18(17)27-2)12-5-6-16-19(8-12)31-11-30-16/h5-10H,11H2,1-4H3. The molecule has 0 N–H and O–H groups in total. The van der Waals surface area contributed by atoms with E-state index in [4.69, 9.17) is 28.4 Å². The van der Waals surface area contributed by atoms with E-state index < -0.39 is 11.9 Å². The van der Waals surface area contributed by atoms with Gasteiger partial charge in [0, 0.05) is 5.56 Å². The fourth-order valence-electron chi connectivity index (χ4n) is 3.66. The van der Waals surface area contributed by atoms with Crippen LogP contribution in [0.2, 0.25) is 0 Å². The summed E-state index contributed by atoms with van der Waals surface area (Å²) < 4.78 is 31.7. The second kappa shape index (κ2) is 8.06. The van der Waals surface area contributed by atoms with Crippen LogP contribution in [0.1, 0.15) is 20.7 Å². The van der Waals surface area contributed by atoms with Crippen LogP contribution >= 0.6 is 0 Å². The smallest absolute Gasteiger partial charge is 0.339 e.